The maximum atomic E-state index is 6.21. The lowest BCUT2D eigenvalue weighted by atomic mass is 10.1. The molecule has 0 aliphatic heterocycles. The van der Waals surface area contributed by atoms with Crippen molar-refractivity contribution in [2.75, 3.05) is 6.79 Å². The van der Waals surface area contributed by atoms with E-state index in [1.807, 2.05) is 55.5 Å². The zero-order valence-corrected chi connectivity index (χ0v) is 12.8. The third kappa shape index (κ3) is 5.05. The third-order valence-corrected chi connectivity index (χ3v) is 3.37. The average molecular weight is 306 g/mol. The minimum atomic E-state index is 0.0255. The predicted octanol–water partition coefficient (Wildman–Crippen LogP) is 3.78. The molecule has 21 heavy (non-hydrogen) atoms. The Morgan fingerprint density at radius 2 is 1.86 bits per heavy atom. The van der Waals surface area contributed by atoms with Gasteiger partial charge in [-0.25, -0.2) is 0 Å². The van der Waals surface area contributed by atoms with Crippen molar-refractivity contribution in [3.63, 3.8) is 0 Å². The fourth-order valence-corrected chi connectivity index (χ4v) is 2.28. The molecule has 0 saturated carbocycles. The van der Waals surface area contributed by atoms with E-state index < -0.39 is 0 Å². The van der Waals surface area contributed by atoms with Gasteiger partial charge in [-0.15, -0.1) is 0 Å². The predicted molar refractivity (Wildman–Crippen MR) is 85.5 cm³/mol. The van der Waals surface area contributed by atoms with Gasteiger partial charge < -0.3 is 15.2 Å². The molecule has 0 aliphatic carbocycles. The lowest BCUT2D eigenvalue weighted by molar-refractivity contribution is 0.00452. The fourth-order valence-electron chi connectivity index (χ4n) is 2.03. The summed E-state index contributed by atoms with van der Waals surface area (Å²) in [5, 5.41) is 0.674. The summed E-state index contributed by atoms with van der Waals surface area (Å²) in [6.07, 6.45) is 0.674. The van der Waals surface area contributed by atoms with Crippen LogP contribution in [0.2, 0.25) is 5.02 Å². The van der Waals surface area contributed by atoms with Crippen molar-refractivity contribution in [1.29, 1.82) is 0 Å². The van der Waals surface area contributed by atoms with Gasteiger partial charge in [0.1, 0.15) is 5.75 Å². The molecule has 4 heteroatoms. The highest BCUT2D eigenvalue weighted by Gasteiger charge is 2.10. The Hall–Kier alpha value is -1.55. The molecule has 0 fully saturated rings. The van der Waals surface area contributed by atoms with Gasteiger partial charge in [-0.2, -0.15) is 0 Å². The van der Waals surface area contributed by atoms with Crippen molar-refractivity contribution in [2.24, 2.45) is 5.73 Å². The first-order chi connectivity index (χ1) is 10.2. The largest absolute Gasteiger partial charge is 0.467 e. The molecule has 0 radical (unpaired) electrons. The molecular weight excluding hydrogens is 286 g/mol. The summed E-state index contributed by atoms with van der Waals surface area (Å²) in [6, 6.07) is 15.6. The molecule has 1 unspecified atom stereocenters. The van der Waals surface area contributed by atoms with Crippen LogP contribution in [0.3, 0.4) is 0 Å². The summed E-state index contributed by atoms with van der Waals surface area (Å²) >= 11 is 6.21. The van der Waals surface area contributed by atoms with Crippen LogP contribution in [0.25, 0.3) is 0 Å². The quantitative estimate of drug-likeness (QED) is 0.625. The van der Waals surface area contributed by atoms with Crippen LogP contribution >= 0.6 is 11.6 Å². The van der Waals surface area contributed by atoms with Crippen molar-refractivity contribution >= 4 is 11.6 Å². The second kappa shape index (κ2) is 8.03. The molecule has 2 N–H and O–H groups in total. The smallest absolute Gasteiger partial charge is 0.189 e. The lowest BCUT2D eigenvalue weighted by Crippen LogP contribution is -2.18. The fraction of sp³-hybridized carbons (Fsp3) is 0.294. The molecule has 2 aromatic carbocycles. The Morgan fingerprint density at radius 3 is 2.57 bits per heavy atom. The Bertz CT molecular complexity index is 558. The lowest BCUT2D eigenvalue weighted by Gasteiger charge is -2.14. The van der Waals surface area contributed by atoms with Crippen molar-refractivity contribution in [2.45, 2.75) is 26.0 Å². The molecule has 0 bridgehead atoms. The molecule has 2 rings (SSSR count). The zero-order chi connectivity index (χ0) is 15.1. The molecule has 112 valence electrons. The van der Waals surface area contributed by atoms with E-state index >= 15 is 0 Å². The molecular formula is C17H20ClNO2. The highest BCUT2D eigenvalue weighted by molar-refractivity contribution is 6.31. The average Bonchev–Trinajstić information content (AvgIpc) is 2.47. The van der Waals surface area contributed by atoms with Gasteiger partial charge in [0.15, 0.2) is 6.79 Å². The molecule has 0 aromatic heterocycles. The molecule has 0 amide bonds. The second-order valence-electron chi connectivity index (χ2n) is 4.99. The maximum Gasteiger partial charge on any atom is 0.189 e. The van der Waals surface area contributed by atoms with Crippen molar-refractivity contribution in [3.05, 3.63) is 64.7 Å². The molecule has 0 saturated heterocycles. The minimum absolute atomic E-state index is 0.0255. The van der Waals surface area contributed by atoms with Gasteiger partial charge in [0.05, 0.1) is 6.61 Å². The monoisotopic (exact) mass is 305 g/mol. The van der Waals surface area contributed by atoms with Gasteiger partial charge in [0.2, 0.25) is 0 Å². The summed E-state index contributed by atoms with van der Waals surface area (Å²) in [4.78, 5) is 0. The zero-order valence-electron chi connectivity index (χ0n) is 12.1. The summed E-state index contributed by atoms with van der Waals surface area (Å²) < 4.78 is 11.2. The maximum absolute atomic E-state index is 6.21. The van der Waals surface area contributed by atoms with Crippen LogP contribution < -0.4 is 10.5 Å². The Kier molecular flexibility index (Phi) is 6.05. The van der Waals surface area contributed by atoms with Crippen LogP contribution in [-0.2, 0) is 17.8 Å². The van der Waals surface area contributed by atoms with Crippen LogP contribution in [0.4, 0.5) is 0 Å². The van der Waals surface area contributed by atoms with Gasteiger partial charge in [-0.05, 0) is 31.0 Å². The van der Waals surface area contributed by atoms with Crippen LogP contribution in [0, 0.1) is 0 Å². The van der Waals surface area contributed by atoms with E-state index in [1.165, 1.54) is 0 Å². The number of hydrogen-bond donors (Lipinski definition) is 1. The summed E-state index contributed by atoms with van der Waals surface area (Å²) in [7, 11) is 0. The van der Waals surface area contributed by atoms with E-state index in [0.717, 1.165) is 16.9 Å². The first kappa shape index (κ1) is 15.8. The molecule has 0 aliphatic rings. The highest BCUT2D eigenvalue weighted by atomic mass is 35.5. The number of nitrogens with two attached hydrogens (primary N) is 1. The second-order valence-corrected chi connectivity index (χ2v) is 5.40. The Morgan fingerprint density at radius 1 is 1.10 bits per heavy atom. The number of halogens is 1. The standard InChI is InChI=1S/C17H20ClNO2/c1-13(19)10-15-16(18)8-5-9-17(15)21-12-20-11-14-6-3-2-4-7-14/h2-9,13H,10-12,19H2,1H3. The first-order valence-corrected chi connectivity index (χ1v) is 7.32. The van der Waals surface area contributed by atoms with Crippen LogP contribution in [0.1, 0.15) is 18.1 Å². The highest BCUT2D eigenvalue weighted by Crippen LogP contribution is 2.27. The molecule has 0 heterocycles. The summed E-state index contributed by atoms with van der Waals surface area (Å²) in [5.74, 6) is 0.730. The molecule has 1 atom stereocenters. The van der Waals surface area contributed by atoms with E-state index in [9.17, 15) is 0 Å². The van der Waals surface area contributed by atoms with Crippen molar-refractivity contribution in [1.82, 2.24) is 0 Å². The van der Waals surface area contributed by atoms with Gasteiger partial charge in [0, 0.05) is 16.6 Å². The van der Waals surface area contributed by atoms with E-state index in [-0.39, 0.29) is 12.8 Å². The number of rotatable bonds is 7. The molecule has 2 aromatic rings. The Labute approximate surface area is 130 Å². The van der Waals surface area contributed by atoms with E-state index in [0.29, 0.717) is 18.1 Å². The molecule has 3 nitrogen and oxygen atoms in total. The minimum Gasteiger partial charge on any atom is -0.467 e. The van der Waals surface area contributed by atoms with Crippen molar-refractivity contribution < 1.29 is 9.47 Å². The summed E-state index contributed by atoms with van der Waals surface area (Å²) in [5.41, 5.74) is 7.89. The summed E-state index contributed by atoms with van der Waals surface area (Å²) in [6.45, 7) is 2.64. The van der Waals surface area contributed by atoms with Crippen LogP contribution in [0.5, 0.6) is 5.75 Å². The van der Waals surface area contributed by atoms with Gasteiger partial charge in [-0.3, -0.25) is 0 Å². The topological polar surface area (TPSA) is 44.5 Å². The van der Waals surface area contributed by atoms with Gasteiger partial charge >= 0.3 is 0 Å². The van der Waals surface area contributed by atoms with Gasteiger partial charge in [0.25, 0.3) is 0 Å². The number of hydrogen-bond acceptors (Lipinski definition) is 3. The normalized spacial score (nSPS) is 12.1. The van der Waals surface area contributed by atoms with Crippen LogP contribution in [0.15, 0.2) is 48.5 Å². The van der Waals surface area contributed by atoms with E-state index in [2.05, 4.69) is 0 Å². The first-order valence-electron chi connectivity index (χ1n) is 6.94. The van der Waals surface area contributed by atoms with Crippen LogP contribution in [-0.4, -0.2) is 12.8 Å². The van der Waals surface area contributed by atoms with E-state index in [4.69, 9.17) is 26.8 Å². The van der Waals surface area contributed by atoms with Crippen molar-refractivity contribution in [3.8, 4) is 5.75 Å². The SMILES string of the molecule is CC(N)Cc1c(Cl)cccc1OCOCc1ccccc1. The Balaban J connectivity index is 1.89. The molecule has 0 spiro atoms. The third-order valence-electron chi connectivity index (χ3n) is 3.01. The van der Waals surface area contributed by atoms with E-state index in [1.54, 1.807) is 0 Å². The number of ether oxygens (including phenoxy) is 2. The van der Waals surface area contributed by atoms with Gasteiger partial charge in [-0.1, -0.05) is 48.0 Å². The number of benzene rings is 2.